The van der Waals surface area contributed by atoms with Crippen LogP contribution < -0.4 is 0 Å². The normalized spacial score (nSPS) is 11.1. The number of nitrogens with zero attached hydrogens (tertiary/aromatic N) is 4. The first-order valence-electron chi connectivity index (χ1n) is 16.7. The maximum atomic E-state index is 7.45. The van der Waals surface area contributed by atoms with Crippen LogP contribution in [0.4, 0.5) is 5.69 Å². The first kappa shape index (κ1) is 29.9. The fourth-order valence-electron chi connectivity index (χ4n) is 6.72. The van der Waals surface area contributed by atoms with Gasteiger partial charge in [0.05, 0.1) is 12.1 Å². The van der Waals surface area contributed by atoms with E-state index < -0.39 is 0 Å². The largest absolute Gasteiger partial charge is 0.455 e. The third kappa shape index (κ3) is 5.51. The lowest BCUT2D eigenvalue weighted by Gasteiger charge is -2.16. The molecule has 0 radical (unpaired) electrons. The summed E-state index contributed by atoms with van der Waals surface area (Å²) in [5, 5.41) is 2.01. The van der Waals surface area contributed by atoms with Crippen LogP contribution in [-0.2, 0) is 0 Å². The van der Waals surface area contributed by atoms with E-state index >= 15 is 0 Å². The molecule has 9 aromatic rings. The Balaban J connectivity index is 1.34. The zero-order valence-electron chi connectivity index (χ0n) is 27.4. The fraction of sp³-hybridized carbons (Fsp3) is 0. The van der Waals surface area contributed by atoms with E-state index in [0.717, 1.165) is 66.4 Å². The summed E-state index contributed by atoms with van der Waals surface area (Å²) in [5.41, 5.74) is 10.8. The summed E-state index contributed by atoms with van der Waals surface area (Å²) in [5.74, 6) is 1.66. The molecule has 0 amide bonds. The Bertz CT molecular complexity index is 2750. The van der Waals surface area contributed by atoms with Crippen LogP contribution >= 0.6 is 0 Å². The predicted molar refractivity (Wildman–Crippen MR) is 206 cm³/mol. The lowest BCUT2D eigenvalue weighted by molar-refractivity contribution is 0.669. The highest BCUT2D eigenvalue weighted by atomic mass is 16.3. The molecule has 0 spiro atoms. The number of para-hydroxylation sites is 1. The van der Waals surface area contributed by atoms with Gasteiger partial charge in [0.2, 0.25) is 0 Å². The molecule has 5 heteroatoms. The van der Waals surface area contributed by atoms with E-state index in [1.54, 1.807) is 0 Å². The van der Waals surface area contributed by atoms with Crippen LogP contribution in [0.5, 0.6) is 0 Å². The first-order chi connectivity index (χ1) is 25.2. The third-order valence-corrected chi connectivity index (χ3v) is 9.19. The lowest BCUT2D eigenvalue weighted by Crippen LogP contribution is -2.02. The van der Waals surface area contributed by atoms with Crippen LogP contribution in [0.3, 0.4) is 0 Å². The van der Waals surface area contributed by atoms with Gasteiger partial charge < -0.3 is 4.42 Å². The number of aromatic nitrogens is 3. The number of hydrogen-bond acceptors (Lipinski definition) is 4. The van der Waals surface area contributed by atoms with Crippen molar-refractivity contribution in [3.8, 4) is 67.5 Å². The molecule has 51 heavy (non-hydrogen) atoms. The zero-order valence-corrected chi connectivity index (χ0v) is 27.4. The zero-order chi connectivity index (χ0) is 34.1. The second-order valence-corrected chi connectivity index (χ2v) is 12.3. The SMILES string of the molecule is [C-]#[N+]c1ccc(-c2ccccc2-c2ccc3c(oc4ccccc43)c2-c2nc(-c3ccccc3)nc(-c3cccc(-c4ccccc4)c3)n2)cc1. The summed E-state index contributed by atoms with van der Waals surface area (Å²) < 4.78 is 6.71. The van der Waals surface area contributed by atoms with Gasteiger partial charge in [-0.15, -0.1) is 0 Å². The number of benzene rings is 7. The average Bonchev–Trinajstić information content (AvgIpc) is 3.60. The summed E-state index contributed by atoms with van der Waals surface area (Å²) in [6, 6.07) is 57.1. The summed E-state index contributed by atoms with van der Waals surface area (Å²) in [6.45, 7) is 7.45. The quantitative estimate of drug-likeness (QED) is 0.168. The van der Waals surface area contributed by atoms with Gasteiger partial charge in [0.1, 0.15) is 11.2 Å². The molecule has 0 saturated heterocycles. The summed E-state index contributed by atoms with van der Waals surface area (Å²) in [6.07, 6.45) is 0. The molecule has 0 fully saturated rings. The number of rotatable bonds is 6. The van der Waals surface area contributed by atoms with E-state index in [-0.39, 0.29) is 0 Å². The number of furan rings is 1. The van der Waals surface area contributed by atoms with Crippen LogP contribution in [-0.4, -0.2) is 15.0 Å². The molecule has 2 aromatic heterocycles. The second-order valence-electron chi connectivity index (χ2n) is 12.3. The molecule has 0 aliphatic heterocycles. The lowest BCUT2D eigenvalue weighted by atomic mass is 9.90. The van der Waals surface area contributed by atoms with Gasteiger partial charge in [0, 0.05) is 21.9 Å². The molecule has 0 aliphatic rings. The van der Waals surface area contributed by atoms with Crippen molar-refractivity contribution in [1.29, 1.82) is 0 Å². The van der Waals surface area contributed by atoms with Crippen molar-refractivity contribution in [3.63, 3.8) is 0 Å². The molecule has 0 N–H and O–H groups in total. The maximum absolute atomic E-state index is 7.45. The Morgan fingerprint density at radius 1 is 0.412 bits per heavy atom. The van der Waals surface area contributed by atoms with Crippen LogP contribution in [0.1, 0.15) is 0 Å². The number of fused-ring (bicyclic) bond motifs is 3. The van der Waals surface area contributed by atoms with Gasteiger partial charge in [0.25, 0.3) is 0 Å². The molecule has 238 valence electrons. The van der Waals surface area contributed by atoms with E-state index in [9.17, 15) is 0 Å². The molecule has 0 bridgehead atoms. The molecule has 7 aromatic carbocycles. The minimum atomic E-state index is 0.516. The second kappa shape index (κ2) is 12.7. The minimum absolute atomic E-state index is 0.516. The standard InChI is InChI=1S/C46H28N4O/c1-47-35-25-23-31(24-26-35)36-19-8-9-20-37(36)39-27-28-40-38-21-10-11-22-41(38)51-43(40)42(39)46-49-44(32-15-6-3-7-16-32)48-45(50-46)34-18-12-17-33(29-34)30-13-4-2-5-14-30/h2-29H. The smallest absolute Gasteiger partial charge is 0.187 e. The highest BCUT2D eigenvalue weighted by Gasteiger charge is 2.23. The Hall–Kier alpha value is -7.16. The topological polar surface area (TPSA) is 56.2 Å². The van der Waals surface area contributed by atoms with Crippen molar-refractivity contribution in [3.05, 3.63) is 181 Å². The van der Waals surface area contributed by atoms with Crippen LogP contribution in [0, 0.1) is 6.57 Å². The van der Waals surface area contributed by atoms with Crippen molar-refractivity contribution in [2.45, 2.75) is 0 Å². The third-order valence-electron chi connectivity index (χ3n) is 9.19. The molecule has 9 rings (SSSR count). The summed E-state index contributed by atoms with van der Waals surface area (Å²) in [7, 11) is 0. The molecule has 5 nitrogen and oxygen atoms in total. The highest BCUT2D eigenvalue weighted by molar-refractivity contribution is 6.12. The molecule has 0 atom stereocenters. The number of hydrogen-bond donors (Lipinski definition) is 0. The van der Waals surface area contributed by atoms with Crippen LogP contribution in [0.15, 0.2) is 174 Å². The van der Waals surface area contributed by atoms with Crippen molar-refractivity contribution in [2.24, 2.45) is 0 Å². The molecular weight excluding hydrogens is 625 g/mol. The monoisotopic (exact) mass is 652 g/mol. The Kier molecular flexibility index (Phi) is 7.46. The van der Waals surface area contributed by atoms with Crippen LogP contribution in [0.25, 0.3) is 94.3 Å². The Labute approximate surface area is 295 Å². The molecular formula is C46H28N4O. The van der Waals surface area contributed by atoms with Crippen molar-refractivity contribution < 1.29 is 4.42 Å². The van der Waals surface area contributed by atoms with Crippen LogP contribution in [0.2, 0.25) is 0 Å². The van der Waals surface area contributed by atoms with E-state index in [1.807, 2.05) is 115 Å². The van der Waals surface area contributed by atoms with E-state index in [1.165, 1.54) is 0 Å². The average molecular weight is 653 g/mol. The maximum Gasteiger partial charge on any atom is 0.187 e. The molecule has 0 saturated carbocycles. The van der Waals surface area contributed by atoms with Gasteiger partial charge in [-0.3, -0.25) is 0 Å². The Morgan fingerprint density at radius 2 is 1.02 bits per heavy atom. The van der Waals surface area contributed by atoms with E-state index in [4.69, 9.17) is 25.9 Å². The first-order valence-corrected chi connectivity index (χ1v) is 16.7. The van der Waals surface area contributed by atoms with Gasteiger partial charge >= 0.3 is 0 Å². The summed E-state index contributed by atoms with van der Waals surface area (Å²) in [4.78, 5) is 19.1. The highest BCUT2D eigenvalue weighted by Crippen LogP contribution is 2.44. The van der Waals surface area contributed by atoms with Crippen molar-refractivity contribution >= 4 is 27.6 Å². The van der Waals surface area contributed by atoms with Gasteiger partial charge in [-0.2, -0.15) is 0 Å². The molecule has 0 aliphatic carbocycles. The van der Waals surface area contributed by atoms with E-state index in [2.05, 4.69) is 59.4 Å². The Morgan fingerprint density at radius 3 is 1.78 bits per heavy atom. The molecule has 0 unspecified atom stereocenters. The van der Waals surface area contributed by atoms with Gasteiger partial charge in [-0.05, 0) is 51.6 Å². The van der Waals surface area contributed by atoms with Gasteiger partial charge in [0.15, 0.2) is 23.2 Å². The predicted octanol–water partition coefficient (Wildman–Crippen LogP) is 12.3. The minimum Gasteiger partial charge on any atom is -0.455 e. The van der Waals surface area contributed by atoms with Crippen molar-refractivity contribution in [2.75, 3.05) is 0 Å². The summed E-state index contributed by atoms with van der Waals surface area (Å²) >= 11 is 0. The fourth-order valence-corrected chi connectivity index (χ4v) is 6.72. The van der Waals surface area contributed by atoms with Gasteiger partial charge in [-0.1, -0.05) is 152 Å². The van der Waals surface area contributed by atoms with E-state index in [0.29, 0.717) is 28.7 Å². The van der Waals surface area contributed by atoms with Gasteiger partial charge in [-0.25, -0.2) is 19.8 Å². The van der Waals surface area contributed by atoms with Crippen molar-refractivity contribution in [1.82, 2.24) is 15.0 Å². The molecule has 2 heterocycles.